The minimum absolute atomic E-state index is 0.121. The number of amides is 2. The van der Waals surface area contributed by atoms with Crippen LogP contribution >= 0.6 is 11.3 Å². The number of rotatable bonds is 4. The van der Waals surface area contributed by atoms with Crippen LogP contribution in [0.25, 0.3) is 0 Å². The van der Waals surface area contributed by atoms with Gasteiger partial charge in [-0.1, -0.05) is 6.07 Å². The maximum Gasteiger partial charge on any atom is 0.410 e. The lowest BCUT2D eigenvalue weighted by Crippen LogP contribution is -2.36. The van der Waals surface area contributed by atoms with Crippen LogP contribution in [0.4, 0.5) is 4.79 Å². The van der Waals surface area contributed by atoms with Gasteiger partial charge < -0.3 is 15.0 Å². The third-order valence-corrected chi connectivity index (χ3v) is 3.63. The maximum absolute atomic E-state index is 11.7. The normalized spacial score (nSPS) is 19.2. The van der Waals surface area contributed by atoms with Gasteiger partial charge in [0.1, 0.15) is 6.10 Å². The van der Waals surface area contributed by atoms with Crippen LogP contribution in [-0.2, 0) is 4.74 Å². The Morgan fingerprint density at radius 3 is 3.00 bits per heavy atom. The van der Waals surface area contributed by atoms with E-state index in [-0.39, 0.29) is 24.1 Å². The molecule has 5 nitrogen and oxygen atoms in total. The SMILES string of the molecule is CC(C)N1CC(CNC(=O)c2cccs2)OC1=O. The van der Waals surface area contributed by atoms with E-state index in [0.29, 0.717) is 18.0 Å². The maximum atomic E-state index is 11.7. The largest absolute Gasteiger partial charge is 0.442 e. The van der Waals surface area contributed by atoms with Crippen molar-refractivity contribution < 1.29 is 14.3 Å². The van der Waals surface area contributed by atoms with Crippen molar-refractivity contribution in [1.29, 1.82) is 0 Å². The minimum atomic E-state index is -0.305. The zero-order chi connectivity index (χ0) is 13.1. The fourth-order valence-electron chi connectivity index (χ4n) is 1.77. The van der Waals surface area contributed by atoms with Crippen molar-refractivity contribution in [2.24, 2.45) is 0 Å². The van der Waals surface area contributed by atoms with Crippen molar-refractivity contribution >= 4 is 23.3 Å². The molecule has 2 heterocycles. The second-order valence-electron chi connectivity index (χ2n) is 4.44. The number of carbonyl (C=O) groups is 2. The van der Waals surface area contributed by atoms with E-state index in [4.69, 9.17) is 4.74 Å². The van der Waals surface area contributed by atoms with Gasteiger partial charge in [0.15, 0.2) is 0 Å². The van der Waals surface area contributed by atoms with Gasteiger partial charge in [-0.05, 0) is 25.3 Å². The molecule has 1 N–H and O–H groups in total. The number of ether oxygens (including phenoxy) is 1. The second-order valence-corrected chi connectivity index (χ2v) is 5.39. The number of thiophene rings is 1. The highest BCUT2D eigenvalue weighted by atomic mass is 32.1. The highest BCUT2D eigenvalue weighted by Crippen LogP contribution is 2.14. The predicted molar refractivity (Wildman–Crippen MR) is 68.8 cm³/mol. The quantitative estimate of drug-likeness (QED) is 0.904. The summed E-state index contributed by atoms with van der Waals surface area (Å²) in [6, 6.07) is 3.71. The monoisotopic (exact) mass is 268 g/mol. The number of carbonyl (C=O) groups excluding carboxylic acids is 2. The van der Waals surface area contributed by atoms with E-state index in [2.05, 4.69) is 5.32 Å². The molecular weight excluding hydrogens is 252 g/mol. The van der Waals surface area contributed by atoms with Crippen molar-refractivity contribution in [1.82, 2.24) is 10.2 Å². The summed E-state index contributed by atoms with van der Waals surface area (Å²) >= 11 is 1.39. The Morgan fingerprint density at radius 1 is 1.67 bits per heavy atom. The molecule has 98 valence electrons. The zero-order valence-electron chi connectivity index (χ0n) is 10.4. The van der Waals surface area contributed by atoms with E-state index in [0.717, 1.165) is 0 Å². The van der Waals surface area contributed by atoms with Crippen molar-refractivity contribution in [3.63, 3.8) is 0 Å². The van der Waals surface area contributed by atoms with Gasteiger partial charge in [0.25, 0.3) is 5.91 Å². The molecule has 0 bridgehead atoms. The Morgan fingerprint density at radius 2 is 2.44 bits per heavy atom. The van der Waals surface area contributed by atoms with Gasteiger partial charge in [0.05, 0.1) is 18.0 Å². The molecule has 18 heavy (non-hydrogen) atoms. The number of nitrogens with zero attached hydrogens (tertiary/aromatic N) is 1. The van der Waals surface area contributed by atoms with E-state index < -0.39 is 0 Å². The summed E-state index contributed by atoms with van der Waals surface area (Å²) in [7, 11) is 0. The van der Waals surface area contributed by atoms with E-state index in [1.807, 2.05) is 25.3 Å². The molecule has 1 aliphatic heterocycles. The summed E-state index contributed by atoms with van der Waals surface area (Å²) in [6.07, 6.45) is -0.566. The summed E-state index contributed by atoms with van der Waals surface area (Å²) in [6.45, 7) is 4.76. The molecular formula is C12H16N2O3S. The first-order valence-corrected chi connectivity index (χ1v) is 6.75. The van der Waals surface area contributed by atoms with Crippen LogP contribution in [0.1, 0.15) is 23.5 Å². The van der Waals surface area contributed by atoms with E-state index in [1.54, 1.807) is 11.0 Å². The third kappa shape index (κ3) is 2.81. The number of hydrogen-bond donors (Lipinski definition) is 1. The van der Waals surface area contributed by atoms with Crippen LogP contribution in [0.2, 0.25) is 0 Å². The summed E-state index contributed by atoms with van der Waals surface area (Å²) in [4.78, 5) is 25.5. The third-order valence-electron chi connectivity index (χ3n) is 2.76. The van der Waals surface area contributed by atoms with E-state index >= 15 is 0 Å². The zero-order valence-corrected chi connectivity index (χ0v) is 11.2. The number of cyclic esters (lactones) is 1. The summed E-state index contributed by atoms with van der Waals surface area (Å²) in [5.74, 6) is -0.121. The van der Waals surface area contributed by atoms with Crippen molar-refractivity contribution in [2.45, 2.75) is 26.0 Å². The van der Waals surface area contributed by atoms with Gasteiger partial charge >= 0.3 is 6.09 Å². The molecule has 0 saturated carbocycles. The molecule has 0 aromatic carbocycles. The minimum Gasteiger partial charge on any atom is -0.442 e. The van der Waals surface area contributed by atoms with Crippen LogP contribution in [0.3, 0.4) is 0 Å². The average molecular weight is 268 g/mol. The van der Waals surface area contributed by atoms with Gasteiger partial charge in [0, 0.05) is 6.04 Å². The van der Waals surface area contributed by atoms with Crippen molar-refractivity contribution in [2.75, 3.05) is 13.1 Å². The average Bonchev–Trinajstić information content (AvgIpc) is 2.94. The number of nitrogens with one attached hydrogen (secondary N) is 1. The second kappa shape index (κ2) is 5.39. The van der Waals surface area contributed by atoms with Gasteiger partial charge in [-0.2, -0.15) is 0 Å². The molecule has 1 saturated heterocycles. The molecule has 1 aromatic rings. The van der Waals surface area contributed by atoms with Crippen LogP contribution in [0, 0.1) is 0 Å². The predicted octanol–water partition coefficient (Wildman–Crippen LogP) is 1.71. The molecule has 1 atom stereocenters. The Labute approximate surface area is 110 Å². The molecule has 0 radical (unpaired) electrons. The lowest BCUT2D eigenvalue weighted by Gasteiger charge is -2.16. The van der Waals surface area contributed by atoms with Gasteiger partial charge in [-0.15, -0.1) is 11.3 Å². The van der Waals surface area contributed by atoms with Crippen LogP contribution < -0.4 is 5.32 Å². The van der Waals surface area contributed by atoms with Crippen LogP contribution in [0.5, 0.6) is 0 Å². The molecule has 1 fully saturated rings. The molecule has 0 aliphatic carbocycles. The topological polar surface area (TPSA) is 58.6 Å². The van der Waals surface area contributed by atoms with Crippen LogP contribution in [-0.4, -0.2) is 42.1 Å². The lowest BCUT2D eigenvalue weighted by atomic mass is 10.3. The van der Waals surface area contributed by atoms with E-state index in [9.17, 15) is 9.59 Å². The number of hydrogen-bond acceptors (Lipinski definition) is 4. The molecule has 2 amide bonds. The molecule has 6 heteroatoms. The first-order valence-electron chi connectivity index (χ1n) is 5.87. The molecule has 1 unspecified atom stereocenters. The first kappa shape index (κ1) is 12.9. The fourth-order valence-corrected chi connectivity index (χ4v) is 2.41. The summed E-state index contributed by atoms with van der Waals surface area (Å²) in [5.41, 5.74) is 0. The molecule has 2 rings (SSSR count). The Balaban J connectivity index is 1.82. The summed E-state index contributed by atoms with van der Waals surface area (Å²) < 4.78 is 5.18. The van der Waals surface area contributed by atoms with E-state index in [1.165, 1.54) is 11.3 Å². The lowest BCUT2D eigenvalue weighted by molar-refractivity contribution is 0.0918. The molecule has 0 spiro atoms. The van der Waals surface area contributed by atoms with Crippen LogP contribution in [0.15, 0.2) is 17.5 Å². The first-order chi connectivity index (χ1) is 8.58. The van der Waals surface area contributed by atoms with Crippen molar-refractivity contribution in [3.05, 3.63) is 22.4 Å². The van der Waals surface area contributed by atoms with Crippen molar-refractivity contribution in [3.8, 4) is 0 Å². The van der Waals surface area contributed by atoms with Gasteiger partial charge in [-0.25, -0.2) is 4.79 Å². The molecule has 1 aliphatic rings. The van der Waals surface area contributed by atoms with Gasteiger partial charge in [0.2, 0.25) is 0 Å². The summed E-state index contributed by atoms with van der Waals surface area (Å²) in [5, 5.41) is 4.63. The Bertz CT molecular complexity index is 431. The fraction of sp³-hybridized carbons (Fsp3) is 0.500. The Kier molecular flexibility index (Phi) is 3.86. The Hall–Kier alpha value is -1.56. The smallest absolute Gasteiger partial charge is 0.410 e. The van der Waals surface area contributed by atoms with Gasteiger partial charge in [-0.3, -0.25) is 4.79 Å². The highest BCUT2D eigenvalue weighted by Gasteiger charge is 2.32. The highest BCUT2D eigenvalue weighted by molar-refractivity contribution is 7.12. The molecule has 1 aromatic heterocycles. The standard InChI is InChI=1S/C12H16N2O3S/c1-8(2)14-7-9(17-12(14)16)6-13-11(15)10-4-3-5-18-10/h3-5,8-9H,6-7H2,1-2H3,(H,13,15).